The van der Waals surface area contributed by atoms with Crippen LogP contribution in [0.1, 0.15) is 22.3 Å². The second-order valence-corrected chi connectivity index (χ2v) is 18.2. The van der Waals surface area contributed by atoms with Gasteiger partial charge in [-0.1, -0.05) is 206 Å². The van der Waals surface area contributed by atoms with Crippen LogP contribution in [0.25, 0.3) is 75.1 Å². The van der Waals surface area contributed by atoms with Crippen LogP contribution in [-0.4, -0.2) is 0 Å². The highest BCUT2D eigenvalue weighted by molar-refractivity contribution is 7.26. The molecule has 1 nitrogen and oxygen atoms in total. The molecule has 11 aromatic carbocycles. The van der Waals surface area contributed by atoms with Crippen molar-refractivity contribution in [2.75, 3.05) is 4.90 Å². The van der Waals surface area contributed by atoms with Crippen LogP contribution in [-0.2, 0) is 5.41 Å². The highest BCUT2D eigenvalue weighted by atomic mass is 32.1. The van der Waals surface area contributed by atoms with Gasteiger partial charge in [0, 0.05) is 31.5 Å². The van der Waals surface area contributed by atoms with Crippen LogP contribution in [0.15, 0.2) is 249 Å². The van der Waals surface area contributed by atoms with Gasteiger partial charge in [-0.3, -0.25) is 0 Å². The summed E-state index contributed by atoms with van der Waals surface area (Å²) in [5.74, 6) is 0. The Bertz CT molecular complexity index is 3750. The molecule has 0 saturated carbocycles. The maximum atomic E-state index is 2.51. The number of hydrogen-bond donors (Lipinski definition) is 0. The van der Waals surface area contributed by atoms with E-state index in [0.29, 0.717) is 0 Å². The summed E-state index contributed by atoms with van der Waals surface area (Å²) in [6.07, 6.45) is 0. The minimum absolute atomic E-state index is 0.530. The van der Waals surface area contributed by atoms with Gasteiger partial charge in [0.15, 0.2) is 0 Å². The first-order chi connectivity index (χ1) is 32.3. The Labute approximate surface area is 382 Å². The maximum absolute atomic E-state index is 2.51. The van der Waals surface area contributed by atoms with Gasteiger partial charge in [0.1, 0.15) is 0 Å². The van der Waals surface area contributed by atoms with Crippen LogP contribution >= 0.6 is 11.3 Å². The molecule has 12 aromatic rings. The van der Waals surface area contributed by atoms with Crippen molar-refractivity contribution in [2.24, 2.45) is 0 Å². The highest BCUT2D eigenvalue weighted by Gasteiger charge is 2.46. The molecule has 0 aliphatic heterocycles. The third-order valence-corrected chi connectivity index (χ3v) is 14.9. The minimum Gasteiger partial charge on any atom is -0.310 e. The quantitative estimate of drug-likeness (QED) is 0.154. The Morgan fingerprint density at radius 1 is 0.338 bits per heavy atom. The zero-order valence-corrected chi connectivity index (χ0v) is 36.3. The van der Waals surface area contributed by atoms with Gasteiger partial charge in [0.05, 0.1) is 11.1 Å². The predicted molar refractivity (Wildman–Crippen MR) is 277 cm³/mol. The van der Waals surface area contributed by atoms with Crippen molar-refractivity contribution in [3.8, 4) is 33.4 Å². The normalized spacial score (nSPS) is 12.7. The molecule has 0 atom stereocenters. The van der Waals surface area contributed by atoms with Crippen LogP contribution in [0, 0.1) is 0 Å². The first-order valence-corrected chi connectivity index (χ1v) is 23.2. The van der Waals surface area contributed by atoms with Gasteiger partial charge < -0.3 is 4.90 Å². The largest absolute Gasteiger partial charge is 0.310 e. The zero-order chi connectivity index (χ0) is 42.9. The van der Waals surface area contributed by atoms with Crippen LogP contribution < -0.4 is 4.90 Å². The van der Waals surface area contributed by atoms with E-state index in [0.717, 1.165) is 17.1 Å². The molecule has 0 unspecified atom stereocenters. The van der Waals surface area contributed by atoms with Crippen LogP contribution in [0.2, 0.25) is 0 Å². The Hall–Kier alpha value is -8.04. The second-order valence-electron chi connectivity index (χ2n) is 17.1. The van der Waals surface area contributed by atoms with E-state index in [1.165, 1.54) is 97.4 Å². The van der Waals surface area contributed by atoms with Crippen molar-refractivity contribution in [3.63, 3.8) is 0 Å². The minimum atomic E-state index is -0.530. The molecule has 1 heterocycles. The molecule has 1 aliphatic rings. The van der Waals surface area contributed by atoms with Gasteiger partial charge >= 0.3 is 0 Å². The summed E-state index contributed by atoms with van der Waals surface area (Å²) < 4.78 is 2.56. The molecular formula is C63H41NS. The first-order valence-electron chi connectivity index (χ1n) is 22.4. The summed E-state index contributed by atoms with van der Waals surface area (Å²) in [6, 6.07) is 92.3. The van der Waals surface area contributed by atoms with E-state index in [4.69, 9.17) is 0 Å². The molecule has 0 spiro atoms. The molecule has 1 aliphatic carbocycles. The van der Waals surface area contributed by atoms with Crippen molar-refractivity contribution in [1.29, 1.82) is 0 Å². The summed E-state index contributed by atoms with van der Waals surface area (Å²) in [5, 5.41) is 7.50. The van der Waals surface area contributed by atoms with Crippen molar-refractivity contribution < 1.29 is 0 Å². The van der Waals surface area contributed by atoms with Crippen LogP contribution in [0.5, 0.6) is 0 Å². The number of thiophene rings is 1. The van der Waals surface area contributed by atoms with Crippen molar-refractivity contribution >= 4 is 70.1 Å². The van der Waals surface area contributed by atoms with Gasteiger partial charge in [-0.25, -0.2) is 0 Å². The van der Waals surface area contributed by atoms with Gasteiger partial charge in [-0.15, -0.1) is 11.3 Å². The van der Waals surface area contributed by atoms with E-state index >= 15 is 0 Å². The van der Waals surface area contributed by atoms with Crippen molar-refractivity contribution in [2.45, 2.75) is 5.41 Å². The smallest absolute Gasteiger partial charge is 0.0714 e. The Kier molecular flexibility index (Phi) is 8.69. The molecule has 65 heavy (non-hydrogen) atoms. The Morgan fingerprint density at radius 2 is 0.892 bits per heavy atom. The van der Waals surface area contributed by atoms with Crippen LogP contribution in [0.3, 0.4) is 0 Å². The zero-order valence-electron chi connectivity index (χ0n) is 35.5. The molecule has 1 aromatic heterocycles. The molecule has 0 radical (unpaired) electrons. The summed E-state index contributed by atoms with van der Waals surface area (Å²) in [5.41, 5.74) is 15.4. The molecular weight excluding hydrogens is 803 g/mol. The highest BCUT2D eigenvalue weighted by Crippen LogP contribution is 2.57. The number of benzene rings is 11. The van der Waals surface area contributed by atoms with Gasteiger partial charge in [0.25, 0.3) is 0 Å². The van der Waals surface area contributed by atoms with E-state index < -0.39 is 5.41 Å². The lowest BCUT2D eigenvalue weighted by Gasteiger charge is -2.35. The number of hydrogen-bond acceptors (Lipinski definition) is 2. The van der Waals surface area contributed by atoms with Gasteiger partial charge in [-0.05, 0) is 120 Å². The fourth-order valence-electron chi connectivity index (χ4n) is 11.0. The van der Waals surface area contributed by atoms with E-state index in [2.05, 4.69) is 254 Å². The fourth-order valence-corrected chi connectivity index (χ4v) is 12.1. The number of rotatable bonds is 7. The standard InChI is InChI=1S/C63H41NS/c1-2-22-45(23-3-1)63(56-33-11-8-29-52(56)53-30-9-12-34-57(53)63)46-24-16-26-48(41-46)64(58-35-17-37-60-62(58)55-31-10-13-36-59(55)65-60)47-25-14-21-44(40-47)51-39-38-43-19-5-7-28-50(43)61(51)54-32-15-20-42-18-4-6-27-49(42)54/h1-41H. The van der Waals surface area contributed by atoms with Gasteiger partial charge in [0.2, 0.25) is 0 Å². The van der Waals surface area contributed by atoms with E-state index in [9.17, 15) is 0 Å². The SMILES string of the molecule is c1ccc(C2(c3cccc(N(c4cccc(-c5ccc6ccccc6c5-c5cccc6ccccc56)c4)c4cccc5sc6ccccc6c45)c3)c3ccccc3-c3ccccc32)cc1. The lowest BCUT2D eigenvalue weighted by atomic mass is 9.67. The molecule has 2 heteroatoms. The van der Waals surface area contributed by atoms with E-state index in [1.807, 2.05) is 11.3 Å². The summed E-state index contributed by atoms with van der Waals surface area (Å²) in [7, 11) is 0. The molecule has 0 fully saturated rings. The molecule has 304 valence electrons. The number of fused-ring (bicyclic) bond motifs is 8. The summed E-state index contributed by atoms with van der Waals surface area (Å²) in [6.45, 7) is 0. The summed E-state index contributed by atoms with van der Waals surface area (Å²) >= 11 is 1.86. The fraction of sp³-hybridized carbons (Fsp3) is 0.0159. The molecule has 13 rings (SSSR count). The lowest BCUT2D eigenvalue weighted by Crippen LogP contribution is -2.28. The molecule has 0 amide bonds. The maximum Gasteiger partial charge on any atom is 0.0714 e. The number of nitrogens with zero attached hydrogens (tertiary/aromatic N) is 1. The van der Waals surface area contributed by atoms with Gasteiger partial charge in [-0.2, -0.15) is 0 Å². The molecule has 0 bridgehead atoms. The average molecular weight is 844 g/mol. The monoisotopic (exact) mass is 843 g/mol. The second kappa shape index (κ2) is 15.1. The van der Waals surface area contributed by atoms with Crippen molar-refractivity contribution in [3.05, 3.63) is 271 Å². The van der Waals surface area contributed by atoms with Crippen molar-refractivity contribution in [1.82, 2.24) is 0 Å². The topological polar surface area (TPSA) is 3.24 Å². The van der Waals surface area contributed by atoms with E-state index in [1.54, 1.807) is 0 Å². The summed E-state index contributed by atoms with van der Waals surface area (Å²) in [4.78, 5) is 2.51. The average Bonchev–Trinajstić information content (AvgIpc) is 3.91. The van der Waals surface area contributed by atoms with Crippen LogP contribution in [0.4, 0.5) is 17.1 Å². The molecule has 0 saturated heterocycles. The molecule has 0 N–H and O–H groups in total. The third-order valence-electron chi connectivity index (χ3n) is 13.7. The Balaban J connectivity index is 1.08. The first kappa shape index (κ1) is 37.5. The predicted octanol–water partition coefficient (Wildman–Crippen LogP) is 17.5. The number of anilines is 3. The van der Waals surface area contributed by atoms with E-state index in [-0.39, 0.29) is 0 Å². The third kappa shape index (κ3) is 5.78. The Morgan fingerprint density at radius 3 is 1.69 bits per heavy atom. The lowest BCUT2D eigenvalue weighted by molar-refractivity contribution is 0.768.